The van der Waals surface area contributed by atoms with Crippen LogP contribution in [0.15, 0.2) is 18.2 Å². The van der Waals surface area contributed by atoms with Crippen LogP contribution in [-0.2, 0) is 0 Å². The van der Waals surface area contributed by atoms with Crippen LogP contribution in [0, 0.1) is 0 Å². The first-order valence-electron chi connectivity index (χ1n) is 7.17. The molecule has 0 spiro atoms. The van der Waals surface area contributed by atoms with Gasteiger partial charge in [0.05, 0.1) is 6.61 Å². The van der Waals surface area contributed by atoms with E-state index in [0.717, 1.165) is 41.9 Å². The lowest BCUT2D eigenvalue weighted by molar-refractivity contribution is 0.318. The van der Waals surface area contributed by atoms with Gasteiger partial charge in [0, 0.05) is 35.3 Å². The molecule has 0 amide bonds. The molecule has 4 heteroatoms. The summed E-state index contributed by atoms with van der Waals surface area (Å²) in [5.74, 6) is 2.16. The summed E-state index contributed by atoms with van der Waals surface area (Å²) < 4.78 is 5.64. The zero-order valence-electron chi connectivity index (χ0n) is 11.7. The topological polar surface area (TPSA) is 47.3 Å². The zero-order valence-corrected chi connectivity index (χ0v) is 12.5. The summed E-state index contributed by atoms with van der Waals surface area (Å²) in [4.78, 5) is 0. The van der Waals surface area contributed by atoms with E-state index in [2.05, 4.69) is 24.0 Å². The number of nitrogens with one attached hydrogen (secondary N) is 1. The minimum atomic E-state index is 0.732. The Hall–Kier alpha value is -1.03. The highest BCUT2D eigenvalue weighted by molar-refractivity contribution is 7.99. The first-order chi connectivity index (χ1) is 9.28. The quantitative estimate of drug-likeness (QED) is 0.779. The molecule has 19 heavy (non-hydrogen) atoms. The number of anilines is 2. The Morgan fingerprint density at radius 2 is 2.26 bits per heavy atom. The van der Waals surface area contributed by atoms with Crippen molar-refractivity contribution in [2.24, 2.45) is 0 Å². The van der Waals surface area contributed by atoms with E-state index in [4.69, 9.17) is 10.5 Å². The Bertz CT molecular complexity index is 392. The van der Waals surface area contributed by atoms with Crippen molar-refractivity contribution in [2.75, 3.05) is 30.0 Å². The highest BCUT2D eigenvalue weighted by Gasteiger charge is 2.13. The van der Waals surface area contributed by atoms with Crippen LogP contribution in [0.4, 0.5) is 11.4 Å². The van der Waals surface area contributed by atoms with Crippen LogP contribution < -0.4 is 15.8 Å². The standard InChI is InChI=1S/C15H24N2OS/c1-2-6-18-14-9-12(16)8-13(10-14)17-11-15-5-3-4-7-19-15/h8-10,15,17H,2-7,11,16H2,1H3. The zero-order chi connectivity index (χ0) is 13.5. The van der Waals surface area contributed by atoms with Crippen LogP contribution in [-0.4, -0.2) is 24.2 Å². The predicted molar refractivity (Wildman–Crippen MR) is 85.2 cm³/mol. The van der Waals surface area contributed by atoms with E-state index in [-0.39, 0.29) is 0 Å². The molecule has 2 rings (SSSR count). The molecule has 0 radical (unpaired) electrons. The van der Waals surface area contributed by atoms with Gasteiger partial charge in [-0.05, 0) is 31.1 Å². The Labute approximate surface area is 120 Å². The fourth-order valence-corrected chi connectivity index (χ4v) is 3.47. The van der Waals surface area contributed by atoms with E-state index in [1.807, 2.05) is 18.2 Å². The molecule has 1 unspecified atom stereocenters. The maximum absolute atomic E-state index is 5.91. The molecule has 0 aliphatic carbocycles. The van der Waals surface area contributed by atoms with Gasteiger partial charge in [0.2, 0.25) is 0 Å². The molecule has 1 aromatic rings. The third-order valence-corrected chi connectivity index (χ3v) is 4.61. The molecule has 1 saturated heterocycles. The number of hydrogen-bond acceptors (Lipinski definition) is 4. The normalized spacial score (nSPS) is 19.1. The van der Waals surface area contributed by atoms with Crippen molar-refractivity contribution in [3.05, 3.63) is 18.2 Å². The first kappa shape index (κ1) is 14.4. The molecule has 1 aliphatic heterocycles. The molecule has 1 aliphatic rings. The van der Waals surface area contributed by atoms with Crippen molar-refractivity contribution in [1.29, 1.82) is 0 Å². The SMILES string of the molecule is CCCOc1cc(N)cc(NCC2CCCCS2)c1. The predicted octanol–water partition coefficient (Wildman–Crippen LogP) is 3.76. The minimum Gasteiger partial charge on any atom is -0.493 e. The average Bonchev–Trinajstić information content (AvgIpc) is 2.43. The number of nitrogen functional groups attached to an aromatic ring is 1. The van der Waals surface area contributed by atoms with Crippen LogP contribution in [0.25, 0.3) is 0 Å². The van der Waals surface area contributed by atoms with Crippen molar-refractivity contribution in [3.8, 4) is 5.75 Å². The van der Waals surface area contributed by atoms with Crippen LogP contribution in [0.3, 0.4) is 0 Å². The Balaban J connectivity index is 1.89. The second-order valence-electron chi connectivity index (χ2n) is 5.01. The highest BCUT2D eigenvalue weighted by atomic mass is 32.2. The fraction of sp³-hybridized carbons (Fsp3) is 0.600. The molecule has 3 N–H and O–H groups in total. The summed E-state index contributed by atoms with van der Waals surface area (Å²) in [6, 6.07) is 5.90. The lowest BCUT2D eigenvalue weighted by Gasteiger charge is -2.22. The monoisotopic (exact) mass is 280 g/mol. The van der Waals surface area contributed by atoms with Gasteiger partial charge >= 0.3 is 0 Å². The van der Waals surface area contributed by atoms with Crippen molar-refractivity contribution >= 4 is 23.1 Å². The van der Waals surface area contributed by atoms with Gasteiger partial charge in [0.25, 0.3) is 0 Å². The smallest absolute Gasteiger partial charge is 0.123 e. The molecule has 3 nitrogen and oxygen atoms in total. The van der Waals surface area contributed by atoms with E-state index in [9.17, 15) is 0 Å². The van der Waals surface area contributed by atoms with Crippen molar-refractivity contribution in [3.63, 3.8) is 0 Å². The molecular weight excluding hydrogens is 256 g/mol. The maximum atomic E-state index is 5.91. The lowest BCUT2D eigenvalue weighted by atomic mass is 10.2. The molecular formula is C15H24N2OS. The van der Waals surface area contributed by atoms with E-state index in [0.29, 0.717) is 0 Å². The van der Waals surface area contributed by atoms with Crippen LogP contribution >= 0.6 is 11.8 Å². The summed E-state index contributed by atoms with van der Waals surface area (Å²) in [5, 5.41) is 4.22. The van der Waals surface area contributed by atoms with E-state index < -0.39 is 0 Å². The van der Waals surface area contributed by atoms with Crippen LogP contribution in [0.5, 0.6) is 5.75 Å². The Morgan fingerprint density at radius 3 is 3.00 bits per heavy atom. The molecule has 0 aromatic heterocycles. The Morgan fingerprint density at radius 1 is 1.37 bits per heavy atom. The molecule has 1 heterocycles. The van der Waals surface area contributed by atoms with Crippen LogP contribution in [0.2, 0.25) is 0 Å². The Kier molecular flexibility index (Phi) is 5.70. The van der Waals surface area contributed by atoms with E-state index in [1.165, 1.54) is 25.0 Å². The summed E-state index contributed by atoms with van der Waals surface area (Å²) in [7, 11) is 0. The molecule has 1 atom stereocenters. The number of thioether (sulfide) groups is 1. The minimum absolute atomic E-state index is 0.732. The van der Waals surface area contributed by atoms with E-state index in [1.54, 1.807) is 0 Å². The lowest BCUT2D eigenvalue weighted by Crippen LogP contribution is -2.20. The highest BCUT2D eigenvalue weighted by Crippen LogP contribution is 2.27. The average molecular weight is 280 g/mol. The van der Waals surface area contributed by atoms with Gasteiger partial charge in [0.1, 0.15) is 5.75 Å². The van der Waals surface area contributed by atoms with Gasteiger partial charge in [-0.2, -0.15) is 11.8 Å². The summed E-state index contributed by atoms with van der Waals surface area (Å²) in [5.41, 5.74) is 7.74. The molecule has 0 bridgehead atoms. The molecule has 1 aromatic carbocycles. The second-order valence-corrected chi connectivity index (χ2v) is 6.42. The van der Waals surface area contributed by atoms with Gasteiger partial charge in [0.15, 0.2) is 0 Å². The maximum Gasteiger partial charge on any atom is 0.123 e. The fourth-order valence-electron chi connectivity index (χ4n) is 2.23. The third kappa shape index (κ3) is 4.86. The van der Waals surface area contributed by atoms with Crippen molar-refractivity contribution in [1.82, 2.24) is 0 Å². The van der Waals surface area contributed by atoms with Gasteiger partial charge in [-0.3, -0.25) is 0 Å². The van der Waals surface area contributed by atoms with Crippen molar-refractivity contribution in [2.45, 2.75) is 37.9 Å². The summed E-state index contributed by atoms with van der Waals surface area (Å²) in [6.07, 6.45) is 5.06. The summed E-state index contributed by atoms with van der Waals surface area (Å²) >= 11 is 2.08. The van der Waals surface area contributed by atoms with Crippen LogP contribution in [0.1, 0.15) is 32.6 Å². The van der Waals surface area contributed by atoms with Gasteiger partial charge in [-0.15, -0.1) is 0 Å². The largest absolute Gasteiger partial charge is 0.493 e. The third-order valence-electron chi connectivity index (χ3n) is 3.21. The number of nitrogens with two attached hydrogens (primary N) is 1. The second kappa shape index (κ2) is 7.53. The van der Waals surface area contributed by atoms with Gasteiger partial charge in [-0.25, -0.2) is 0 Å². The summed E-state index contributed by atoms with van der Waals surface area (Å²) in [6.45, 7) is 3.86. The van der Waals surface area contributed by atoms with Gasteiger partial charge < -0.3 is 15.8 Å². The first-order valence-corrected chi connectivity index (χ1v) is 8.21. The molecule has 1 fully saturated rings. The van der Waals surface area contributed by atoms with Gasteiger partial charge in [-0.1, -0.05) is 13.3 Å². The van der Waals surface area contributed by atoms with E-state index >= 15 is 0 Å². The molecule has 106 valence electrons. The number of hydrogen-bond donors (Lipinski definition) is 2. The number of ether oxygens (including phenoxy) is 1. The van der Waals surface area contributed by atoms with Crippen molar-refractivity contribution < 1.29 is 4.74 Å². The number of benzene rings is 1. The molecule has 0 saturated carbocycles. The number of rotatable bonds is 6.